The van der Waals surface area contributed by atoms with Crippen LogP contribution in [0.3, 0.4) is 0 Å². The summed E-state index contributed by atoms with van der Waals surface area (Å²) in [6.45, 7) is 0. The van der Waals surface area contributed by atoms with Crippen molar-refractivity contribution in [2.24, 2.45) is 0 Å². The zero-order chi connectivity index (χ0) is 17.1. The summed E-state index contributed by atoms with van der Waals surface area (Å²) in [5, 5.41) is 16.1. The van der Waals surface area contributed by atoms with E-state index in [0.29, 0.717) is 8.68 Å². The molecule has 2 heterocycles. The Balaban J connectivity index is 1.60. The third kappa shape index (κ3) is 4.09. The number of amides is 2. The Hall–Kier alpha value is -1.13. The van der Waals surface area contributed by atoms with Gasteiger partial charge in [-0.05, 0) is 12.8 Å². The van der Waals surface area contributed by atoms with Crippen LogP contribution in [-0.4, -0.2) is 55.0 Å². The van der Waals surface area contributed by atoms with Crippen LogP contribution in [0.4, 0.5) is 0 Å². The zero-order valence-corrected chi connectivity index (χ0v) is 15.3. The van der Waals surface area contributed by atoms with Crippen molar-refractivity contribution < 1.29 is 19.5 Å². The Bertz CT molecular complexity index is 645. The minimum absolute atomic E-state index is 0.0560. The van der Waals surface area contributed by atoms with Gasteiger partial charge >= 0.3 is 5.97 Å². The van der Waals surface area contributed by atoms with Crippen LogP contribution in [0, 0.1) is 0 Å². The normalized spacial score (nSPS) is 22.3. The molecular weight excluding hydrogens is 370 g/mol. The van der Waals surface area contributed by atoms with Crippen molar-refractivity contribution >= 4 is 52.6 Å². The molecule has 2 fully saturated rings. The van der Waals surface area contributed by atoms with Gasteiger partial charge in [-0.1, -0.05) is 54.1 Å². The van der Waals surface area contributed by atoms with Crippen molar-refractivity contribution in [1.82, 2.24) is 15.1 Å². The Kier molecular flexibility index (Phi) is 5.77. The molecule has 1 saturated carbocycles. The molecule has 1 atom stereocenters. The van der Waals surface area contributed by atoms with Crippen LogP contribution in [0.25, 0.3) is 0 Å². The van der Waals surface area contributed by atoms with E-state index < -0.39 is 11.2 Å². The first-order valence-electron chi connectivity index (χ1n) is 7.75. The number of carboxylic acids is 1. The predicted molar refractivity (Wildman–Crippen MR) is 91.3 cm³/mol. The van der Waals surface area contributed by atoms with Gasteiger partial charge in [0.15, 0.2) is 8.68 Å². The minimum Gasteiger partial charge on any atom is -0.481 e. The maximum Gasteiger partial charge on any atom is 0.313 e. The number of likely N-dealkylation sites (tertiary alicyclic amines) is 1. The van der Waals surface area contributed by atoms with Crippen molar-refractivity contribution in [3.8, 4) is 0 Å². The van der Waals surface area contributed by atoms with Crippen LogP contribution in [0.1, 0.15) is 38.5 Å². The Labute approximate surface area is 151 Å². The number of nitrogens with zero attached hydrogens (tertiary/aromatic N) is 3. The monoisotopic (exact) mass is 387 g/mol. The largest absolute Gasteiger partial charge is 0.481 e. The van der Waals surface area contributed by atoms with E-state index in [9.17, 15) is 14.4 Å². The van der Waals surface area contributed by atoms with Gasteiger partial charge in [-0.15, -0.1) is 10.2 Å². The van der Waals surface area contributed by atoms with Gasteiger partial charge in [0.05, 0.1) is 11.0 Å². The molecule has 7 nitrogen and oxygen atoms in total. The number of carbonyl (C=O) groups excluding carboxylic acids is 2. The second-order valence-corrected chi connectivity index (χ2v) is 9.37. The average molecular weight is 388 g/mol. The van der Waals surface area contributed by atoms with Crippen LogP contribution in [0.2, 0.25) is 0 Å². The lowest BCUT2D eigenvalue weighted by molar-refractivity contribution is -0.141. The molecule has 2 amide bonds. The van der Waals surface area contributed by atoms with Crippen LogP contribution >= 0.6 is 34.9 Å². The van der Waals surface area contributed by atoms with Gasteiger partial charge in [0.2, 0.25) is 11.8 Å². The SMILES string of the molecule is O=C(O)CSc1nnc(SC2CC(=O)N(C3CCCCC3)C2=O)s1. The van der Waals surface area contributed by atoms with Gasteiger partial charge in [0, 0.05) is 12.5 Å². The first kappa shape index (κ1) is 17.7. The summed E-state index contributed by atoms with van der Waals surface area (Å²) < 4.78 is 1.15. The third-order valence-electron chi connectivity index (χ3n) is 4.03. The second kappa shape index (κ2) is 7.83. The van der Waals surface area contributed by atoms with E-state index in [2.05, 4.69) is 10.2 Å². The van der Waals surface area contributed by atoms with Gasteiger partial charge in [-0.2, -0.15) is 0 Å². The molecule has 1 unspecified atom stereocenters. The van der Waals surface area contributed by atoms with Crippen LogP contribution in [0.5, 0.6) is 0 Å². The number of imide groups is 1. The van der Waals surface area contributed by atoms with Crippen molar-refractivity contribution in [2.75, 3.05) is 5.75 Å². The molecule has 1 N–H and O–H groups in total. The number of aliphatic carboxylic acids is 1. The zero-order valence-electron chi connectivity index (χ0n) is 12.8. The standard InChI is InChI=1S/C14H17N3O4S3/c18-10-6-9(12(21)17(10)8-4-2-1-3-5-8)23-14-16-15-13(24-14)22-7-11(19)20/h8-9H,1-7H2,(H,19,20). The van der Waals surface area contributed by atoms with Gasteiger partial charge in [-0.3, -0.25) is 19.3 Å². The number of hydrogen-bond acceptors (Lipinski definition) is 8. The van der Waals surface area contributed by atoms with Gasteiger partial charge in [0.1, 0.15) is 0 Å². The molecule has 24 heavy (non-hydrogen) atoms. The summed E-state index contributed by atoms with van der Waals surface area (Å²) in [6.07, 6.45) is 5.33. The summed E-state index contributed by atoms with van der Waals surface area (Å²) >= 11 is 3.62. The first-order valence-corrected chi connectivity index (χ1v) is 10.4. The minimum atomic E-state index is -0.913. The molecule has 0 bridgehead atoms. The first-order chi connectivity index (χ1) is 11.5. The molecule has 0 radical (unpaired) electrons. The molecule has 1 aromatic rings. The maximum atomic E-state index is 12.6. The topological polar surface area (TPSA) is 100 Å². The van der Waals surface area contributed by atoms with E-state index >= 15 is 0 Å². The van der Waals surface area contributed by atoms with Crippen LogP contribution in [0.15, 0.2) is 8.68 Å². The summed E-state index contributed by atoms with van der Waals surface area (Å²) in [5.74, 6) is -1.19. The van der Waals surface area contributed by atoms with E-state index in [-0.39, 0.29) is 30.0 Å². The Morgan fingerprint density at radius 2 is 1.92 bits per heavy atom. The quantitative estimate of drug-likeness (QED) is 0.586. The van der Waals surface area contributed by atoms with Gasteiger partial charge in [-0.25, -0.2) is 0 Å². The molecule has 130 valence electrons. The Morgan fingerprint density at radius 3 is 2.62 bits per heavy atom. The molecule has 1 aliphatic heterocycles. The van der Waals surface area contributed by atoms with Crippen LogP contribution in [-0.2, 0) is 14.4 Å². The average Bonchev–Trinajstić information content (AvgIpc) is 3.11. The molecule has 2 aliphatic rings. The lowest BCUT2D eigenvalue weighted by atomic mass is 9.94. The predicted octanol–water partition coefficient (Wildman–Crippen LogP) is 2.27. The number of aromatic nitrogens is 2. The third-order valence-corrected chi connectivity index (χ3v) is 7.34. The Morgan fingerprint density at radius 1 is 1.21 bits per heavy atom. The fourth-order valence-corrected chi connectivity index (χ4v) is 6.00. The molecule has 1 aliphatic carbocycles. The summed E-state index contributed by atoms with van der Waals surface area (Å²) in [6, 6.07) is 0.0560. The molecule has 1 saturated heterocycles. The lowest BCUT2D eigenvalue weighted by Gasteiger charge is -2.29. The molecule has 0 aromatic carbocycles. The van der Waals surface area contributed by atoms with Crippen LogP contribution < -0.4 is 0 Å². The van der Waals surface area contributed by atoms with Gasteiger partial charge in [0.25, 0.3) is 0 Å². The molecule has 10 heteroatoms. The lowest BCUT2D eigenvalue weighted by Crippen LogP contribution is -2.41. The summed E-state index contributed by atoms with van der Waals surface area (Å²) in [7, 11) is 0. The van der Waals surface area contributed by atoms with E-state index in [1.165, 1.54) is 34.4 Å². The summed E-state index contributed by atoms with van der Waals surface area (Å²) in [4.78, 5) is 36.9. The van der Waals surface area contributed by atoms with E-state index in [4.69, 9.17) is 5.11 Å². The van der Waals surface area contributed by atoms with E-state index in [1.54, 1.807) is 0 Å². The highest BCUT2D eigenvalue weighted by molar-refractivity contribution is 8.04. The fourth-order valence-electron chi connectivity index (χ4n) is 2.99. The molecule has 3 rings (SSSR count). The van der Waals surface area contributed by atoms with E-state index in [0.717, 1.165) is 37.4 Å². The van der Waals surface area contributed by atoms with Crippen molar-refractivity contribution in [3.63, 3.8) is 0 Å². The highest BCUT2D eigenvalue weighted by atomic mass is 32.2. The van der Waals surface area contributed by atoms with Crippen molar-refractivity contribution in [1.29, 1.82) is 0 Å². The number of thioether (sulfide) groups is 2. The maximum absolute atomic E-state index is 12.6. The molecular formula is C14H17N3O4S3. The smallest absolute Gasteiger partial charge is 0.313 e. The number of hydrogen-bond donors (Lipinski definition) is 1. The van der Waals surface area contributed by atoms with Crippen molar-refractivity contribution in [2.45, 2.75) is 58.5 Å². The van der Waals surface area contributed by atoms with E-state index in [1.807, 2.05) is 0 Å². The fraction of sp³-hybridized carbons (Fsp3) is 0.643. The highest BCUT2D eigenvalue weighted by Gasteiger charge is 2.43. The highest BCUT2D eigenvalue weighted by Crippen LogP contribution is 2.37. The summed E-state index contributed by atoms with van der Waals surface area (Å²) in [5.41, 5.74) is 0. The number of carboxylic acid groups (broad SMARTS) is 1. The van der Waals surface area contributed by atoms with Gasteiger partial charge < -0.3 is 5.11 Å². The molecule has 1 aromatic heterocycles. The molecule has 0 spiro atoms. The second-order valence-electron chi connectivity index (χ2n) is 5.72. The van der Waals surface area contributed by atoms with Crippen molar-refractivity contribution in [3.05, 3.63) is 0 Å². The number of carbonyl (C=O) groups is 3. The number of rotatable bonds is 6.